The Morgan fingerprint density at radius 3 is 2.62 bits per heavy atom. The number of nitrogens with zero attached hydrogens (tertiary/aromatic N) is 1. The molecule has 2 aromatic carbocycles. The molecule has 2 aromatic rings. The fourth-order valence-corrected chi connectivity index (χ4v) is 3.05. The number of hydrogen-bond acceptors (Lipinski definition) is 6. The zero-order valence-electron chi connectivity index (χ0n) is 14.6. The smallest absolute Gasteiger partial charge is 0.337 e. The SMILES string of the molecule is COC(=O)C1=C(Nc2cccc3c(OC)cccc23)C(=O)N(CCO)C1. The molecule has 0 saturated heterocycles. The van der Waals surface area contributed by atoms with Crippen molar-refractivity contribution < 1.29 is 24.2 Å². The van der Waals surface area contributed by atoms with Crippen LogP contribution >= 0.6 is 0 Å². The first-order chi connectivity index (χ1) is 12.6. The summed E-state index contributed by atoms with van der Waals surface area (Å²) >= 11 is 0. The first kappa shape index (κ1) is 17.8. The van der Waals surface area contributed by atoms with Crippen molar-refractivity contribution in [2.75, 3.05) is 39.2 Å². The molecule has 1 aliphatic rings. The maximum Gasteiger partial charge on any atom is 0.337 e. The fraction of sp³-hybridized carbons (Fsp3) is 0.263. The van der Waals surface area contributed by atoms with Crippen LogP contribution < -0.4 is 10.1 Å². The zero-order valence-corrected chi connectivity index (χ0v) is 14.6. The van der Waals surface area contributed by atoms with E-state index in [4.69, 9.17) is 14.6 Å². The molecule has 0 saturated carbocycles. The molecule has 136 valence electrons. The number of rotatable bonds is 6. The Balaban J connectivity index is 2.04. The summed E-state index contributed by atoms with van der Waals surface area (Å²) in [4.78, 5) is 26.1. The van der Waals surface area contributed by atoms with Gasteiger partial charge in [-0.05, 0) is 12.1 Å². The number of aliphatic hydroxyl groups excluding tert-OH is 1. The first-order valence-electron chi connectivity index (χ1n) is 8.15. The van der Waals surface area contributed by atoms with Gasteiger partial charge < -0.3 is 24.8 Å². The van der Waals surface area contributed by atoms with Crippen molar-refractivity contribution in [1.82, 2.24) is 4.90 Å². The highest BCUT2D eigenvalue weighted by atomic mass is 16.5. The number of hydrogen-bond donors (Lipinski definition) is 2. The van der Waals surface area contributed by atoms with Crippen LogP contribution in [0.1, 0.15) is 0 Å². The van der Waals surface area contributed by atoms with Gasteiger partial charge in [0.15, 0.2) is 0 Å². The number of benzene rings is 2. The van der Waals surface area contributed by atoms with E-state index in [2.05, 4.69) is 5.32 Å². The molecule has 2 N–H and O–H groups in total. The van der Waals surface area contributed by atoms with E-state index in [0.717, 1.165) is 10.8 Å². The molecule has 0 bridgehead atoms. The molecule has 0 unspecified atom stereocenters. The lowest BCUT2D eigenvalue weighted by Crippen LogP contribution is -2.31. The molecule has 3 rings (SSSR count). The average Bonchev–Trinajstić information content (AvgIpc) is 2.97. The summed E-state index contributed by atoms with van der Waals surface area (Å²) in [7, 11) is 2.87. The summed E-state index contributed by atoms with van der Waals surface area (Å²) in [6.45, 7) is 0.0648. The fourth-order valence-electron chi connectivity index (χ4n) is 3.05. The summed E-state index contributed by atoms with van der Waals surface area (Å²) in [5.74, 6) is -0.202. The average molecular weight is 356 g/mol. The molecular formula is C19H20N2O5. The standard InChI is InChI=1S/C19H20N2O5/c1-25-16-8-4-5-12-13(16)6-3-7-15(12)20-17-14(19(24)26-2)11-21(9-10-22)18(17)23/h3-8,20,22H,9-11H2,1-2H3. The summed E-state index contributed by atoms with van der Waals surface area (Å²) in [5, 5.41) is 14.0. The van der Waals surface area contributed by atoms with Crippen molar-refractivity contribution in [3.05, 3.63) is 47.7 Å². The van der Waals surface area contributed by atoms with Crippen LogP contribution in [0.15, 0.2) is 47.7 Å². The highest BCUT2D eigenvalue weighted by Crippen LogP contribution is 2.32. The number of carbonyl (C=O) groups is 2. The Morgan fingerprint density at radius 2 is 1.92 bits per heavy atom. The van der Waals surface area contributed by atoms with E-state index in [1.54, 1.807) is 7.11 Å². The Kier molecular flexibility index (Phi) is 5.09. The van der Waals surface area contributed by atoms with Crippen LogP contribution in [0.4, 0.5) is 5.69 Å². The topological polar surface area (TPSA) is 88.1 Å². The van der Waals surface area contributed by atoms with Gasteiger partial charge in [0.2, 0.25) is 0 Å². The van der Waals surface area contributed by atoms with Crippen LogP contribution in [0.5, 0.6) is 5.75 Å². The van der Waals surface area contributed by atoms with E-state index in [9.17, 15) is 9.59 Å². The highest BCUT2D eigenvalue weighted by molar-refractivity contribution is 6.10. The maximum absolute atomic E-state index is 12.7. The molecule has 0 atom stereocenters. The van der Waals surface area contributed by atoms with Crippen LogP contribution in [0, 0.1) is 0 Å². The second kappa shape index (κ2) is 7.45. The lowest BCUT2D eigenvalue weighted by Gasteiger charge is -2.16. The minimum absolute atomic E-state index is 0.0997. The van der Waals surface area contributed by atoms with E-state index in [1.807, 2.05) is 36.4 Å². The van der Waals surface area contributed by atoms with E-state index in [0.29, 0.717) is 11.4 Å². The molecule has 0 aliphatic carbocycles. The number of esters is 1. The van der Waals surface area contributed by atoms with Gasteiger partial charge in [0.1, 0.15) is 11.4 Å². The van der Waals surface area contributed by atoms with Crippen molar-refractivity contribution >= 4 is 28.3 Å². The molecule has 0 aromatic heterocycles. The number of amides is 1. The van der Waals surface area contributed by atoms with Gasteiger partial charge in [0, 0.05) is 23.0 Å². The van der Waals surface area contributed by atoms with E-state index in [-0.39, 0.29) is 36.9 Å². The van der Waals surface area contributed by atoms with Gasteiger partial charge in [-0.25, -0.2) is 4.79 Å². The summed E-state index contributed by atoms with van der Waals surface area (Å²) < 4.78 is 10.2. The summed E-state index contributed by atoms with van der Waals surface area (Å²) in [6.07, 6.45) is 0. The molecule has 1 heterocycles. The number of aliphatic hydroxyl groups is 1. The molecule has 0 fully saturated rings. The Bertz CT molecular complexity index is 891. The summed E-state index contributed by atoms with van der Waals surface area (Å²) in [6, 6.07) is 11.2. The highest BCUT2D eigenvalue weighted by Gasteiger charge is 2.34. The normalized spacial score (nSPS) is 14.1. The van der Waals surface area contributed by atoms with E-state index in [1.165, 1.54) is 12.0 Å². The third-order valence-electron chi connectivity index (χ3n) is 4.32. The first-order valence-corrected chi connectivity index (χ1v) is 8.15. The number of ether oxygens (including phenoxy) is 2. The number of methoxy groups -OCH3 is 2. The van der Waals surface area contributed by atoms with Crippen LogP contribution in [0.3, 0.4) is 0 Å². The van der Waals surface area contributed by atoms with Gasteiger partial charge in [-0.3, -0.25) is 4.79 Å². The number of nitrogens with one attached hydrogen (secondary N) is 1. The molecule has 7 heteroatoms. The molecule has 7 nitrogen and oxygen atoms in total. The van der Waals surface area contributed by atoms with Crippen molar-refractivity contribution in [2.24, 2.45) is 0 Å². The van der Waals surface area contributed by atoms with Crippen LogP contribution in [0.2, 0.25) is 0 Å². The third-order valence-corrected chi connectivity index (χ3v) is 4.32. The Hall–Kier alpha value is -3.06. The molecule has 0 radical (unpaired) electrons. The van der Waals surface area contributed by atoms with Crippen molar-refractivity contribution in [3.8, 4) is 5.75 Å². The molecule has 0 spiro atoms. The van der Waals surface area contributed by atoms with Gasteiger partial charge in [-0.1, -0.05) is 24.3 Å². The van der Waals surface area contributed by atoms with Gasteiger partial charge in [0.05, 0.1) is 32.9 Å². The maximum atomic E-state index is 12.7. The van der Waals surface area contributed by atoms with Crippen molar-refractivity contribution in [2.45, 2.75) is 0 Å². The second-order valence-corrected chi connectivity index (χ2v) is 5.78. The van der Waals surface area contributed by atoms with Gasteiger partial charge in [-0.15, -0.1) is 0 Å². The zero-order chi connectivity index (χ0) is 18.7. The largest absolute Gasteiger partial charge is 0.496 e. The minimum atomic E-state index is -0.570. The lowest BCUT2D eigenvalue weighted by molar-refractivity contribution is -0.136. The Morgan fingerprint density at radius 1 is 1.19 bits per heavy atom. The van der Waals surface area contributed by atoms with Gasteiger partial charge in [0.25, 0.3) is 5.91 Å². The predicted molar refractivity (Wildman–Crippen MR) is 96.8 cm³/mol. The predicted octanol–water partition coefficient (Wildman–Crippen LogP) is 1.52. The van der Waals surface area contributed by atoms with Crippen molar-refractivity contribution in [1.29, 1.82) is 0 Å². The lowest BCUT2D eigenvalue weighted by atomic mass is 10.1. The second-order valence-electron chi connectivity index (χ2n) is 5.78. The van der Waals surface area contributed by atoms with Crippen LogP contribution in [-0.2, 0) is 14.3 Å². The molecule has 26 heavy (non-hydrogen) atoms. The van der Waals surface area contributed by atoms with Crippen LogP contribution in [-0.4, -0.2) is 55.8 Å². The molecule has 1 amide bonds. The minimum Gasteiger partial charge on any atom is -0.496 e. The van der Waals surface area contributed by atoms with Crippen molar-refractivity contribution in [3.63, 3.8) is 0 Å². The Labute approximate surface area is 150 Å². The number of β-amino-alcohol motifs (C(OH)–C–C–N with tert-alkyl or cyclic N) is 1. The quantitative estimate of drug-likeness (QED) is 0.763. The van der Waals surface area contributed by atoms with Gasteiger partial charge in [-0.2, -0.15) is 0 Å². The van der Waals surface area contributed by atoms with E-state index < -0.39 is 5.97 Å². The van der Waals surface area contributed by atoms with E-state index >= 15 is 0 Å². The summed E-state index contributed by atoms with van der Waals surface area (Å²) in [5.41, 5.74) is 1.09. The number of fused-ring (bicyclic) bond motifs is 1. The van der Waals surface area contributed by atoms with Crippen LogP contribution in [0.25, 0.3) is 10.8 Å². The van der Waals surface area contributed by atoms with Gasteiger partial charge >= 0.3 is 5.97 Å². The number of carbonyl (C=O) groups excluding carboxylic acids is 2. The number of anilines is 1. The molecule has 1 aliphatic heterocycles. The third kappa shape index (κ3) is 3.09. The monoisotopic (exact) mass is 356 g/mol. The molecular weight excluding hydrogens is 336 g/mol.